The summed E-state index contributed by atoms with van der Waals surface area (Å²) in [5.41, 5.74) is 4.27. The fourth-order valence-electron chi connectivity index (χ4n) is 3.61. The van der Waals surface area contributed by atoms with Crippen LogP contribution in [0.1, 0.15) is 22.3 Å². The molecule has 0 aliphatic carbocycles. The van der Waals surface area contributed by atoms with E-state index >= 15 is 0 Å². The topological polar surface area (TPSA) is 62.1 Å². The van der Waals surface area contributed by atoms with Gasteiger partial charge in [0, 0.05) is 16.3 Å². The SMILES string of the molecule is Cc1ccc(COc2ccc3ccccc3c2/C=C(\C#N)C(=O)Nc2cc(Cl)ccc2C)cc1. The van der Waals surface area contributed by atoms with Gasteiger partial charge in [0.2, 0.25) is 0 Å². The molecule has 4 aromatic rings. The number of nitrogens with one attached hydrogen (secondary N) is 1. The van der Waals surface area contributed by atoms with E-state index < -0.39 is 5.91 Å². The van der Waals surface area contributed by atoms with E-state index in [1.807, 2.05) is 86.6 Å². The van der Waals surface area contributed by atoms with Crippen molar-refractivity contribution in [2.45, 2.75) is 20.5 Å². The third-order valence-corrected chi connectivity index (χ3v) is 5.78. The van der Waals surface area contributed by atoms with E-state index in [-0.39, 0.29) is 5.57 Å². The van der Waals surface area contributed by atoms with Crippen molar-refractivity contribution in [3.8, 4) is 11.8 Å². The molecule has 0 aliphatic heterocycles. The Morgan fingerprint density at radius 3 is 2.56 bits per heavy atom. The summed E-state index contributed by atoms with van der Waals surface area (Å²) in [7, 11) is 0. The second-order valence-corrected chi connectivity index (χ2v) is 8.49. The van der Waals surface area contributed by atoms with Gasteiger partial charge in [-0.3, -0.25) is 4.79 Å². The van der Waals surface area contributed by atoms with Crippen molar-refractivity contribution in [2.24, 2.45) is 0 Å². The van der Waals surface area contributed by atoms with Crippen LogP contribution in [0.25, 0.3) is 16.8 Å². The average molecular weight is 467 g/mol. The maximum atomic E-state index is 13.0. The van der Waals surface area contributed by atoms with Crippen molar-refractivity contribution in [2.75, 3.05) is 5.32 Å². The molecule has 0 fully saturated rings. The van der Waals surface area contributed by atoms with Crippen LogP contribution in [0.3, 0.4) is 0 Å². The van der Waals surface area contributed by atoms with Crippen LogP contribution in [0.5, 0.6) is 5.75 Å². The van der Waals surface area contributed by atoms with E-state index in [1.165, 1.54) is 5.56 Å². The Bertz CT molecular complexity index is 1430. The smallest absolute Gasteiger partial charge is 0.266 e. The molecule has 34 heavy (non-hydrogen) atoms. The number of benzene rings is 4. The van der Waals surface area contributed by atoms with E-state index in [1.54, 1.807) is 18.2 Å². The van der Waals surface area contributed by atoms with Gasteiger partial charge in [0.15, 0.2) is 0 Å². The van der Waals surface area contributed by atoms with Crippen LogP contribution in [0.4, 0.5) is 5.69 Å². The first-order valence-corrected chi connectivity index (χ1v) is 11.2. The molecule has 0 atom stereocenters. The maximum absolute atomic E-state index is 13.0. The molecule has 1 N–H and O–H groups in total. The monoisotopic (exact) mass is 466 g/mol. The number of fused-ring (bicyclic) bond motifs is 1. The summed E-state index contributed by atoms with van der Waals surface area (Å²) in [6.45, 7) is 4.27. The molecule has 168 valence electrons. The molecule has 0 bridgehead atoms. The first-order valence-electron chi connectivity index (χ1n) is 10.8. The molecule has 4 nitrogen and oxygen atoms in total. The summed E-state index contributed by atoms with van der Waals surface area (Å²) in [6.07, 6.45) is 1.59. The first kappa shape index (κ1) is 23.1. The molecule has 0 aromatic heterocycles. The maximum Gasteiger partial charge on any atom is 0.266 e. The zero-order chi connectivity index (χ0) is 24.1. The largest absolute Gasteiger partial charge is 0.488 e. The highest BCUT2D eigenvalue weighted by molar-refractivity contribution is 6.31. The van der Waals surface area contributed by atoms with Crippen LogP contribution in [0, 0.1) is 25.2 Å². The Hall–Kier alpha value is -4.07. The van der Waals surface area contributed by atoms with Crippen molar-refractivity contribution >= 4 is 40.0 Å². The highest BCUT2D eigenvalue weighted by Crippen LogP contribution is 2.31. The summed E-state index contributed by atoms with van der Waals surface area (Å²) in [4.78, 5) is 13.0. The lowest BCUT2D eigenvalue weighted by Crippen LogP contribution is -2.14. The lowest BCUT2D eigenvalue weighted by atomic mass is 10.0. The molecule has 5 heteroatoms. The standard InChI is InChI=1S/C29H23ClN2O2/c1-19-7-10-21(11-8-19)18-34-28-14-12-22-5-3-4-6-25(22)26(28)15-23(17-31)29(33)32-27-16-24(30)13-9-20(27)2/h3-16H,18H2,1-2H3,(H,32,33)/b23-15+. The Morgan fingerprint density at radius 1 is 1.03 bits per heavy atom. The van der Waals surface area contributed by atoms with Gasteiger partial charge in [-0.05, 0) is 60.0 Å². The minimum absolute atomic E-state index is 0.0316. The number of rotatable bonds is 6. The molecular formula is C29H23ClN2O2. The number of nitrogens with zero attached hydrogens (tertiary/aromatic N) is 1. The molecule has 0 unspecified atom stereocenters. The summed E-state index contributed by atoms with van der Waals surface area (Å²) in [5.74, 6) is 0.0871. The van der Waals surface area contributed by atoms with Crippen LogP contribution in [-0.4, -0.2) is 5.91 Å². The summed E-state index contributed by atoms with van der Waals surface area (Å²) >= 11 is 6.08. The van der Waals surface area contributed by atoms with Crippen LogP contribution in [0.15, 0.2) is 84.4 Å². The number of halogens is 1. The van der Waals surface area contributed by atoms with Crippen LogP contribution in [0.2, 0.25) is 5.02 Å². The van der Waals surface area contributed by atoms with E-state index in [0.717, 1.165) is 21.9 Å². The number of ether oxygens (including phenoxy) is 1. The fourth-order valence-corrected chi connectivity index (χ4v) is 3.78. The molecule has 0 heterocycles. The molecule has 1 amide bonds. The van der Waals surface area contributed by atoms with Crippen LogP contribution < -0.4 is 10.1 Å². The van der Waals surface area contributed by atoms with Crippen molar-refractivity contribution in [1.82, 2.24) is 0 Å². The lowest BCUT2D eigenvalue weighted by molar-refractivity contribution is -0.112. The minimum Gasteiger partial charge on any atom is -0.488 e. The third-order valence-electron chi connectivity index (χ3n) is 5.55. The zero-order valence-corrected chi connectivity index (χ0v) is 19.7. The molecule has 0 saturated carbocycles. The highest BCUT2D eigenvalue weighted by atomic mass is 35.5. The predicted octanol–water partition coefficient (Wildman–Crippen LogP) is 7.23. The van der Waals surface area contributed by atoms with Gasteiger partial charge < -0.3 is 10.1 Å². The number of carbonyl (C=O) groups is 1. The van der Waals surface area contributed by atoms with E-state index in [2.05, 4.69) is 5.32 Å². The van der Waals surface area contributed by atoms with E-state index in [9.17, 15) is 10.1 Å². The Morgan fingerprint density at radius 2 is 1.79 bits per heavy atom. The number of hydrogen-bond donors (Lipinski definition) is 1. The van der Waals surface area contributed by atoms with Crippen molar-refractivity contribution in [3.05, 3.63) is 112 Å². The fraction of sp³-hybridized carbons (Fsp3) is 0.103. The normalized spacial score (nSPS) is 11.2. The minimum atomic E-state index is -0.509. The third kappa shape index (κ3) is 5.28. The van der Waals surface area contributed by atoms with Gasteiger partial charge in [-0.25, -0.2) is 0 Å². The number of anilines is 1. The molecule has 0 radical (unpaired) electrons. The molecule has 4 rings (SSSR count). The lowest BCUT2D eigenvalue weighted by Gasteiger charge is -2.13. The van der Waals surface area contributed by atoms with Crippen LogP contribution >= 0.6 is 11.6 Å². The van der Waals surface area contributed by atoms with Crippen molar-refractivity contribution in [3.63, 3.8) is 0 Å². The second-order valence-electron chi connectivity index (χ2n) is 8.06. The summed E-state index contributed by atoms with van der Waals surface area (Å²) < 4.78 is 6.15. The van der Waals surface area contributed by atoms with Gasteiger partial charge in [-0.2, -0.15) is 5.26 Å². The Kier molecular flexibility index (Phi) is 6.96. The van der Waals surface area contributed by atoms with Crippen LogP contribution in [-0.2, 0) is 11.4 Å². The van der Waals surface area contributed by atoms with E-state index in [0.29, 0.717) is 28.6 Å². The van der Waals surface area contributed by atoms with Gasteiger partial charge in [-0.15, -0.1) is 0 Å². The number of aryl methyl sites for hydroxylation is 2. The Balaban J connectivity index is 1.70. The number of amides is 1. The summed E-state index contributed by atoms with van der Waals surface area (Å²) in [5, 5.41) is 15.0. The molecule has 0 aliphatic rings. The molecular weight excluding hydrogens is 444 g/mol. The molecule has 0 spiro atoms. The van der Waals surface area contributed by atoms with E-state index in [4.69, 9.17) is 16.3 Å². The first-order chi connectivity index (χ1) is 16.4. The van der Waals surface area contributed by atoms with Gasteiger partial charge in [0.1, 0.15) is 24.0 Å². The predicted molar refractivity (Wildman–Crippen MR) is 138 cm³/mol. The van der Waals surface area contributed by atoms with Gasteiger partial charge in [0.25, 0.3) is 5.91 Å². The highest BCUT2D eigenvalue weighted by Gasteiger charge is 2.15. The second kappa shape index (κ2) is 10.2. The number of hydrogen-bond acceptors (Lipinski definition) is 3. The molecule has 0 saturated heterocycles. The number of carbonyl (C=O) groups excluding carboxylic acids is 1. The number of nitriles is 1. The quantitative estimate of drug-likeness (QED) is 0.241. The van der Waals surface area contributed by atoms with Crippen molar-refractivity contribution in [1.29, 1.82) is 5.26 Å². The van der Waals surface area contributed by atoms with Gasteiger partial charge in [-0.1, -0.05) is 77.8 Å². The summed E-state index contributed by atoms with van der Waals surface area (Å²) in [6, 6.07) is 27.0. The van der Waals surface area contributed by atoms with Crippen molar-refractivity contribution < 1.29 is 9.53 Å². The van der Waals surface area contributed by atoms with Gasteiger partial charge >= 0.3 is 0 Å². The molecule has 4 aromatic carbocycles. The Labute approximate surface area is 204 Å². The zero-order valence-electron chi connectivity index (χ0n) is 18.9. The van der Waals surface area contributed by atoms with Gasteiger partial charge in [0.05, 0.1) is 0 Å². The average Bonchev–Trinajstić information content (AvgIpc) is 2.84.